The molecule has 0 saturated carbocycles. The molecule has 0 aromatic heterocycles. The minimum Gasteiger partial charge on any atom is -0.339 e. The van der Waals surface area contributed by atoms with Crippen LogP contribution in [0.5, 0.6) is 0 Å². The van der Waals surface area contributed by atoms with Crippen LogP contribution in [0.3, 0.4) is 0 Å². The standard InChI is InChI=1S/C21H24FN3O2/c1-21(23,17-6-3-2-4-7-17)20(27)25-13-5-12-24(14-15-25)19(26)16-8-10-18(22)11-9-16/h2-4,6-11H,5,12-15,23H2,1H3. The summed E-state index contributed by atoms with van der Waals surface area (Å²) in [6.45, 7) is 3.66. The molecule has 0 radical (unpaired) electrons. The first kappa shape index (κ1) is 19.0. The lowest BCUT2D eigenvalue weighted by atomic mass is 9.91. The van der Waals surface area contributed by atoms with Gasteiger partial charge in [0.15, 0.2) is 0 Å². The van der Waals surface area contributed by atoms with Gasteiger partial charge in [0.1, 0.15) is 11.4 Å². The van der Waals surface area contributed by atoms with Gasteiger partial charge in [-0.3, -0.25) is 9.59 Å². The third-order valence-corrected chi connectivity index (χ3v) is 4.98. The van der Waals surface area contributed by atoms with E-state index in [2.05, 4.69) is 0 Å². The molecular formula is C21H24FN3O2. The first-order chi connectivity index (χ1) is 12.9. The number of hydrogen-bond donors (Lipinski definition) is 1. The molecule has 2 N–H and O–H groups in total. The van der Waals surface area contributed by atoms with E-state index in [1.54, 1.807) is 16.7 Å². The minimum absolute atomic E-state index is 0.148. The first-order valence-corrected chi connectivity index (χ1v) is 9.08. The Morgan fingerprint density at radius 1 is 0.926 bits per heavy atom. The summed E-state index contributed by atoms with van der Waals surface area (Å²) in [6, 6.07) is 14.8. The van der Waals surface area contributed by atoms with Gasteiger partial charge >= 0.3 is 0 Å². The Balaban J connectivity index is 1.68. The molecule has 142 valence electrons. The maximum absolute atomic E-state index is 13.1. The molecule has 1 aliphatic rings. The van der Waals surface area contributed by atoms with E-state index < -0.39 is 5.54 Å². The summed E-state index contributed by atoms with van der Waals surface area (Å²) in [5.74, 6) is -0.671. The van der Waals surface area contributed by atoms with E-state index in [0.717, 1.165) is 5.56 Å². The molecule has 1 atom stereocenters. The first-order valence-electron chi connectivity index (χ1n) is 9.08. The molecule has 1 fully saturated rings. The van der Waals surface area contributed by atoms with Crippen molar-refractivity contribution in [1.82, 2.24) is 9.80 Å². The molecule has 3 rings (SSSR count). The molecule has 5 nitrogen and oxygen atoms in total. The van der Waals surface area contributed by atoms with Crippen molar-refractivity contribution in [2.75, 3.05) is 26.2 Å². The molecule has 1 heterocycles. The van der Waals surface area contributed by atoms with Crippen molar-refractivity contribution >= 4 is 11.8 Å². The highest BCUT2D eigenvalue weighted by atomic mass is 19.1. The quantitative estimate of drug-likeness (QED) is 0.903. The Labute approximate surface area is 158 Å². The van der Waals surface area contributed by atoms with Crippen LogP contribution in [0.15, 0.2) is 54.6 Å². The lowest BCUT2D eigenvalue weighted by molar-refractivity contribution is -0.136. The molecule has 1 saturated heterocycles. The second-order valence-electron chi connectivity index (χ2n) is 7.01. The van der Waals surface area contributed by atoms with E-state index in [-0.39, 0.29) is 17.6 Å². The van der Waals surface area contributed by atoms with Crippen molar-refractivity contribution in [2.24, 2.45) is 5.73 Å². The predicted octanol–water partition coefficient (Wildman–Crippen LogP) is 2.37. The highest BCUT2D eigenvalue weighted by Crippen LogP contribution is 2.21. The smallest absolute Gasteiger partial charge is 0.253 e. The van der Waals surface area contributed by atoms with Gasteiger partial charge in [-0.15, -0.1) is 0 Å². The van der Waals surface area contributed by atoms with Crippen LogP contribution in [-0.2, 0) is 10.3 Å². The van der Waals surface area contributed by atoms with E-state index in [4.69, 9.17) is 5.73 Å². The second kappa shape index (κ2) is 7.88. The summed E-state index contributed by atoms with van der Waals surface area (Å²) < 4.78 is 13.1. The number of hydrogen-bond acceptors (Lipinski definition) is 3. The maximum Gasteiger partial charge on any atom is 0.253 e. The summed E-state index contributed by atoms with van der Waals surface area (Å²) in [7, 11) is 0. The van der Waals surface area contributed by atoms with E-state index in [1.807, 2.05) is 30.3 Å². The zero-order valence-corrected chi connectivity index (χ0v) is 15.4. The van der Waals surface area contributed by atoms with Gasteiger partial charge in [-0.05, 0) is 43.2 Å². The van der Waals surface area contributed by atoms with Gasteiger partial charge < -0.3 is 15.5 Å². The van der Waals surface area contributed by atoms with Crippen LogP contribution in [0.2, 0.25) is 0 Å². The SMILES string of the molecule is CC(N)(C(=O)N1CCCN(C(=O)c2ccc(F)cc2)CC1)c1ccccc1. The van der Waals surface area contributed by atoms with Crippen LogP contribution >= 0.6 is 0 Å². The van der Waals surface area contributed by atoms with Crippen molar-refractivity contribution in [3.05, 3.63) is 71.5 Å². The topological polar surface area (TPSA) is 66.6 Å². The molecule has 0 aliphatic carbocycles. The highest BCUT2D eigenvalue weighted by molar-refractivity contribution is 5.94. The van der Waals surface area contributed by atoms with Crippen molar-refractivity contribution in [3.8, 4) is 0 Å². The normalized spacial score (nSPS) is 17.1. The number of carbonyl (C=O) groups is 2. The molecule has 0 spiro atoms. The number of nitrogens with two attached hydrogens (primary N) is 1. The van der Waals surface area contributed by atoms with Crippen LogP contribution in [0.25, 0.3) is 0 Å². The molecule has 2 aromatic rings. The predicted molar refractivity (Wildman–Crippen MR) is 101 cm³/mol. The molecule has 1 unspecified atom stereocenters. The van der Waals surface area contributed by atoms with Crippen LogP contribution in [0.1, 0.15) is 29.3 Å². The zero-order valence-electron chi connectivity index (χ0n) is 15.4. The number of benzene rings is 2. The average molecular weight is 369 g/mol. The summed E-state index contributed by atoms with van der Waals surface area (Å²) >= 11 is 0. The van der Waals surface area contributed by atoms with Crippen molar-refractivity contribution in [1.29, 1.82) is 0 Å². The van der Waals surface area contributed by atoms with E-state index in [1.165, 1.54) is 24.3 Å². The van der Waals surface area contributed by atoms with Crippen molar-refractivity contribution in [2.45, 2.75) is 18.9 Å². The molecular weight excluding hydrogens is 345 g/mol. The fourth-order valence-corrected chi connectivity index (χ4v) is 3.33. The summed E-state index contributed by atoms with van der Waals surface area (Å²) in [5, 5.41) is 0. The largest absolute Gasteiger partial charge is 0.339 e. The second-order valence-corrected chi connectivity index (χ2v) is 7.01. The van der Waals surface area contributed by atoms with E-state index in [9.17, 15) is 14.0 Å². The lowest BCUT2D eigenvalue weighted by Gasteiger charge is -2.31. The Hall–Kier alpha value is -2.73. The fraction of sp³-hybridized carbons (Fsp3) is 0.333. The summed E-state index contributed by atoms with van der Waals surface area (Å²) in [5.41, 5.74) is 6.45. The van der Waals surface area contributed by atoms with Gasteiger partial charge in [-0.1, -0.05) is 30.3 Å². The molecule has 2 aromatic carbocycles. The van der Waals surface area contributed by atoms with Crippen molar-refractivity contribution in [3.63, 3.8) is 0 Å². The maximum atomic E-state index is 13.1. The Morgan fingerprint density at radius 3 is 2.19 bits per heavy atom. The van der Waals surface area contributed by atoms with Crippen LogP contribution in [-0.4, -0.2) is 47.8 Å². The van der Waals surface area contributed by atoms with Gasteiger partial charge in [-0.2, -0.15) is 0 Å². The van der Waals surface area contributed by atoms with Gasteiger partial charge in [0.2, 0.25) is 5.91 Å². The number of rotatable bonds is 3. The summed E-state index contributed by atoms with van der Waals surface area (Å²) in [6.07, 6.45) is 0.670. The Morgan fingerprint density at radius 2 is 1.52 bits per heavy atom. The lowest BCUT2D eigenvalue weighted by Crippen LogP contribution is -2.51. The van der Waals surface area contributed by atoms with Crippen molar-refractivity contribution < 1.29 is 14.0 Å². The molecule has 1 aliphatic heterocycles. The third kappa shape index (κ3) is 4.17. The van der Waals surface area contributed by atoms with Crippen LogP contribution in [0.4, 0.5) is 4.39 Å². The molecule has 2 amide bonds. The number of nitrogens with zero attached hydrogens (tertiary/aromatic N) is 2. The average Bonchev–Trinajstić information content (AvgIpc) is 2.94. The number of amides is 2. The molecule has 27 heavy (non-hydrogen) atoms. The van der Waals surface area contributed by atoms with Gasteiger partial charge in [0.05, 0.1) is 0 Å². The van der Waals surface area contributed by atoms with Gasteiger partial charge in [0.25, 0.3) is 5.91 Å². The summed E-state index contributed by atoms with van der Waals surface area (Å²) in [4.78, 5) is 29.1. The Kier molecular flexibility index (Phi) is 5.56. The molecule has 0 bridgehead atoms. The van der Waals surface area contributed by atoms with Gasteiger partial charge in [-0.25, -0.2) is 4.39 Å². The number of halogens is 1. The van der Waals surface area contributed by atoms with Crippen LogP contribution in [0, 0.1) is 5.82 Å². The van der Waals surface area contributed by atoms with E-state index >= 15 is 0 Å². The highest BCUT2D eigenvalue weighted by Gasteiger charge is 2.35. The van der Waals surface area contributed by atoms with Crippen LogP contribution < -0.4 is 5.73 Å². The minimum atomic E-state index is -1.11. The monoisotopic (exact) mass is 369 g/mol. The Bertz CT molecular complexity index is 806. The fourth-order valence-electron chi connectivity index (χ4n) is 3.33. The van der Waals surface area contributed by atoms with E-state index in [0.29, 0.717) is 38.2 Å². The molecule has 6 heteroatoms. The number of carbonyl (C=O) groups excluding carboxylic acids is 2. The third-order valence-electron chi connectivity index (χ3n) is 4.98. The zero-order chi connectivity index (χ0) is 19.4. The van der Waals surface area contributed by atoms with Gasteiger partial charge in [0, 0.05) is 31.7 Å².